The van der Waals surface area contributed by atoms with E-state index in [0.29, 0.717) is 0 Å². The standard InChI is InChI=1S/C16H21N3OS2/c1-12(2)16(20)19-7-5-18(6-8-19)10-15-17-13(11-22-15)14-4-3-9-21-14/h3-4,9,11-12H,5-8,10H2,1-2H3. The highest BCUT2D eigenvalue weighted by molar-refractivity contribution is 7.14. The van der Waals surface area contributed by atoms with Gasteiger partial charge in [0.15, 0.2) is 0 Å². The highest BCUT2D eigenvalue weighted by Crippen LogP contribution is 2.26. The van der Waals surface area contributed by atoms with Gasteiger partial charge in [-0.15, -0.1) is 22.7 Å². The maximum atomic E-state index is 12.0. The zero-order chi connectivity index (χ0) is 15.5. The van der Waals surface area contributed by atoms with Crippen LogP contribution in [0.2, 0.25) is 0 Å². The van der Waals surface area contributed by atoms with Gasteiger partial charge in [0.25, 0.3) is 0 Å². The molecule has 3 heterocycles. The predicted octanol–water partition coefficient (Wildman–Crippen LogP) is 3.17. The van der Waals surface area contributed by atoms with Gasteiger partial charge in [-0.05, 0) is 11.4 Å². The summed E-state index contributed by atoms with van der Waals surface area (Å²) in [7, 11) is 0. The summed E-state index contributed by atoms with van der Waals surface area (Å²) in [5.41, 5.74) is 1.09. The van der Waals surface area contributed by atoms with E-state index in [0.717, 1.165) is 43.4 Å². The molecule has 0 atom stereocenters. The smallest absolute Gasteiger partial charge is 0.225 e. The molecule has 0 aromatic carbocycles. The first-order valence-electron chi connectivity index (χ1n) is 7.63. The van der Waals surface area contributed by atoms with Crippen molar-refractivity contribution < 1.29 is 4.79 Å². The van der Waals surface area contributed by atoms with E-state index in [1.807, 2.05) is 18.7 Å². The number of piperazine rings is 1. The first-order valence-corrected chi connectivity index (χ1v) is 9.39. The minimum atomic E-state index is 0.0962. The first kappa shape index (κ1) is 15.6. The number of hydrogen-bond acceptors (Lipinski definition) is 5. The summed E-state index contributed by atoms with van der Waals surface area (Å²) in [6.45, 7) is 8.37. The molecule has 6 heteroatoms. The lowest BCUT2D eigenvalue weighted by Crippen LogP contribution is -2.49. The van der Waals surface area contributed by atoms with Gasteiger partial charge in [-0.1, -0.05) is 19.9 Å². The molecule has 0 N–H and O–H groups in total. The largest absolute Gasteiger partial charge is 0.340 e. The Bertz CT molecular complexity index is 613. The zero-order valence-electron chi connectivity index (χ0n) is 13.0. The van der Waals surface area contributed by atoms with Crippen LogP contribution in [0.4, 0.5) is 0 Å². The molecule has 2 aromatic heterocycles. The van der Waals surface area contributed by atoms with E-state index in [4.69, 9.17) is 4.98 Å². The van der Waals surface area contributed by atoms with Crippen LogP contribution in [0.5, 0.6) is 0 Å². The van der Waals surface area contributed by atoms with E-state index >= 15 is 0 Å². The van der Waals surface area contributed by atoms with Crippen LogP contribution >= 0.6 is 22.7 Å². The van der Waals surface area contributed by atoms with Gasteiger partial charge in [0.1, 0.15) is 5.01 Å². The Balaban J connectivity index is 1.54. The van der Waals surface area contributed by atoms with Gasteiger partial charge in [0, 0.05) is 37.5 Å². The normalized spacial score (nSPS) is 16.4. The third kappa shape index (κ3) is 3.56. The average Bonchev–Trinajstić information content (AvgIpc) is 3.18. The van der Waals surface area contributed by atoms with Crippen molar-refractivity contribution in [2.75, 3.05) is 26.2 Å². The van der Waals surface area contributed by atoms with Crippen molar-refractivity contribution in [3.05, 3.63) is 27.9 Å². The Kier molecular flexibility index (Phi) is 4.90. The lowest BCUT2D eigenvalue weighted by atomic mass is 10.1. The number of amides is 1. The second-order valence-electron chi connectivity index (χ2n) is 5.86. The van der Waals surface area contributed by atoms with Crippen molar-refractivity contribution in [3.63, 3.8) is 0 Å². The van der Waals surface area contributed by atoms with Crippen molar-refractivity contribution in [2.45, 2.75) is 20.4 Å². The fourth-order valence-corrected chi connectivity index (χ4v) is 4.20. The van der Waals surface area contributed by atoms with E-state index in [2.05, 4.69) is 27.8 Å². The average molecular weight is 335 g/mol. The van der Waals surface area contributed by atoms with Gasteiger partial charge >= 0.3 is 0 Å². The SMILES string of the molecule is CC(C)C(=O)N1CCN(Cc2nc(-c3cccs3)cs2)CC1. The fraction of sp³-hybridized carbons (Fsp3) is 0.500. The van der Waals surface area contributed by atoms with Gasteiger partial charge < -0.3 is 4.90 Å². The molecule has 0 unspecified atom stereocenters. The molecule has 1 amide bonds. The van der Waals surface area contributed by atoms with Crippen LogP contribution < -0.4 is 0 Å². The highest BCUT2D eigenvalue weighted by Gasteiger charge is 2.23. The number of aromatic nitrogens is 1. The maximum Gasteiger partial charge on any atom is 0.225 e. The molecule has 118 valence electrons. The molecule has 1 saturated heterocycles. The number of carbonyl (C=O) groups excluding carboxylic acids is 1. The van der Waals surface area contributed by atoms with Crippen LogP contribution in [-0.2, 0) is 11.3 Å². The summed E-state index contributed by atoms with van der Waals surface area (Å²) in [5, 5.41) is 5.38. The van der Waals surface area contributed by atoms with Crippen molar-refractivity contribution in [3.8, 4) is 10.6 Å². The first-order chi connectivity index (χ1) is 10.6. The molecule has 1 aliphatic rings. The number of thiophene rings is 1. The van der Waals surface area contributed by atoms with Crippen LogP contribution in [-0.4, -0.2) is 46.9 Å². The summed E-state index contributed by atoms with van der Waals surface area (Å²) in [6, 6.07) is 4.17. The lowest BCUT2D eigenvalue weighted by molar-refractivity contribution is -0.136. The molecule has 0 radical (unpaired) electrons. The Labute approximate surface area is 139 Å². The minimum absolute atomic E-state index is 0.0962. The molecular formula is C16H21N3OS2. The van der Waals surface area contributed by atoms with E-state index in [-0.39, 0.29) is 11.8 Å². The predicted molar refractivity (Wildman–Crippen MR) is 92.1 cm³/mol. The van der Waals surface area contributed by atoms with Crippen molar-refractivity contribution in [2.24, 2.45) is 5.92 Å². The van der Waals surface area contributed by atoms with Gasteiger partial charge in [-0.3, -0.25) is 9.69 Å². The van der Waals surface area contributed by atoms with Crippen LogP contribution in [0.3, 0.4) is 0 Å². The number of rotatable bonds is 4. The highest BCUT2D eigenvalue weighted by atomic mass is 32.1. The topological polar surface area (TPSA) is 36.4 Å². The Hall–Kier alpha value is -1.24. The zero-order valence-corrected chi connectivity index (χ0v) is 14.6. The Morgan fingerprint density at radius 3 is 2.68 bits per heavy atom. The van der Waals surface area contributed by atoms with E-state index < -0.39 is 0 Å². The molecule has 3 rings (SSSR count). The number of hydrogen-bond donors (Lipinski definition) is 0. The van der Waals surface area contributed by atoms with Crippen LogP contribution in [0.25, 0.3) is 10.6 Å². The molecule has 0 aliphatic carbocycles. The van der Waals surface area contributed by atoms with Gasteiger partial charge in [0.05, 0.1) is 17.1 Å². The monoisotopic (exact) mass is 335 g/mol. The van der Waals surface area contributed by atoms with E-state index in [1.165, 1.54) is 4.88 Å². The van der Waals surface area contributed by atoms with Crippen LogP contribution in [0.1, 0.15) is 18.9 Å². The second-order valence-corrected chi connectivity index (χ2v) is 7.75. The third-order valence-corrected chi connectivity index (χ3v) is 5.59. The molecule has 0 spiro atoms. The molecule has 0 saturated carbocycles. The molecule has 2 aromatic rings. The summed E-state index contributed by atoms with van der Waals surface area (Å²) in [6.07, 6.45) is 0. The van der Waals surface area contributed by atoms with Crippen LogP contribution in [0, 0.1) is 5.92 Å². The Morgan fingerprint density at radius 2 is 2.05 bits per heavy atom. The molecule has 0 bridgehead atoms. The summed E-state index contributed by atoms with van der Waals surface area (Å²) in [5.74, 6) is 0.368. The minimum Gasteiger partial charge on any atom is -0.340 e. The van der Waals surface area contributed by atoms with Crippen LogP contribution in [0.15, 0.2) is 22.9 Å². The quantitative estimate of drug-likeness (QED) is 0.861. The summed E-state index contributed by atoms with van der Waals surface area (Å²) in [4.78, 5) is 22.3. The van der Waals surface area contributed by atoms with Crippen molar-refractivity contribution >= 4 is 28.6 Å². The van der Waals surface area contributed by atoms with E-state index in [9.17, 15) is 4.79 Å². The summed E-state index contributed by atoms with van der Waals surface area (Å²) >= 11 is 3.45. The number of thiazole rings is 1. The molecule has 22 heavy (non-hydrogen) atoms. The van der Waals surface area contributed by atoms with Gasteiger partial charge in [-0.25, -0.2) is 4.98 Å². The second kappa shape index (κ2) is 6.89. The summed E-state index contributed by atoms with van der Waals surface area (Å²) < 4.78 is 0. The molecule has 4 nitrogen and oxygen atoms in total. The Morgan fingerprint density at radius 1 is 1.27 bits per heavy atom. The number of nitrogens with zero attached hydrogens (tertiary/aromatic N) is 3. The van der Waals surface area contributed by atoms with Gasteiger partial charge in [-0.2, -0.15) is 0 Å². The van der Waals surface area contributed by atoms with Crippen molar-refractivity contribution in [1.82, 2.24) is 14.8 Å². The van der Waals surface area contributed by atoms with Crippen molar-refractivity contribution in [1.29, 1.82) is 0 Å². The number of carbonyl (C=O) groups is 1. The molecule has 1 fully saturated rings. The maximum absolute atomic E-state index is 12.0. The van der Waals surface area contributed by atoms with Gasteiger partial charge in [0.2, 0.25) is 5.91 Å². The van der Waals surface area contributed by atoms with E-state index in [1.54, 1.807) is 22.7 Å². The fourth-order valence-electron chi connectivity index (χ4n) is 2.60. The lowest BCUT2D eigenvalue weighted by Gasteiger charge is -2.35. The third-order valence-electron chi connectivity index (χ3n) is 3.86. The molecule has 1 aliphatic heterocycles. The molecular weight excluding hydrogens is 314 g/mol.